The first-order chi connectivity index (χ1) is 18.3. The molecule has 2 aliphatic heterocycles. The minimum Gasteiger partial charge on any atom is -0.388 e. The zero-order chi connectivity index (χ0) is 27.7. The molecular formula is C30H34F3N3O3. The quantitative estimate of drug-likeness (QED) is 0.508. The van der Waals surface area contributed by atoms with Gasteiger partial charge >= 0.3 is 6.18 Å². The molecule has 7 rings (SSSR count). The molecule has 5 aliphatic rings. The SMILES string of the molecule is Cc1nc2ccc(C3=CCC4C3(C)CC(C(F)(F)F)=C3C=C5C(O)C(O)C(N(C)C)CC56CCC34O6)cc2[nH]1. The summed E-state index contributed by atoms with van der Waals surface area (Å²) in [5.74, 6) is 0.611. The Bertz CT molecular complexity index is 1490. The van der Waals surface area contributed by atoms with E-state index in [1.165, 1.54) is 0 Å². The normalized spacial score (nSPS) is 39.5. The van der Waals surface area contributed by atoms with Crippen LogP contribution in [0, 0.1) is 18.3 Å². The number of aromatic amines is 1. The number of nitrogens with one attached hydrogen (secondary N) is 1. The largest absolute Gasteiger partial charge is 0.413 e. The van der Waals surface area contributed by atoms with Crippen molar-refractivity contribution in [3.63, 3.8) is 0 Å². The second-order valence-corrected chi connectivity index (χ2v) is 12.7. The molecule has 9 heteroatoms. The first-order valence-electron chi connectivity index (χ1n) is 13.7. The van der Waals surface area contributed by atoms with Gasteiger partial charge in [0.15, 0.2) is 0 Å². The maximum Gasteiger partial charge on any atom is 0.413 e. The van der Waals surface area contributed by atoms with Gasteiger partial charge in [-0.15, -0.1) is 0 Å². The zero-order valence-corrected chi connectivity index (χ0v) is 22.6. The Morgan fingerprint density at radius 3 is 2.67 bits per heavy atom. The third-order valence-electron chi connectivity index (χ3n) is 10.4. The first kappa shape index (κ1) is 25.5. The Morgan fingerprint density at radius 1 is 1.18 bits per heavy atom. The second kappa shape index (κ2) is 7.84. The second-order valence-electron chi connectivity index (χ2n) is 12.7. The van der Waals surface area contributed by atoms with Crippen molar-refractivity contribution in [2.45, 2.75) is 81.6 Å². The number of aliphatic hydroxyl groups excluding tert-OH is 2. The molecule has 39 heavy (non-hydrogen) atoms. The molecule has 2 fully saturated rings. The molecule has 7 unspecified atom stereocenters. The van der Waals surface area contributed by atoms with Gasteiger partial charge in [0, 0.05) is 22.9 Å². The number of aliphatic hydroxyl groups is 2. The van der Waals surface area contributed by atoms with Crippen molar-refractivity contribution < 1.29 is 28.1 Å². The highest BCUT2D eigenvalue weighted by Crippen LogP contribution is 2.70. The van der Waals surface area contributed by atoms with Gasteiger partial charge in [0.1, 0.15) is 11.9 Å². The number of halogens is 3. The van der Waals surface area contributed by atoms with Crippen LogP contribution < -0.4 is 0 Å². The minimum atomic E-state index is -4.55. The van der Waals surface area contributed by atoms with Gasteiger partial charge in [0.2, 0.25) is 0 Å². The van der Waals surface area contributed by atoms with Gasteiger partial charge in [0.25, 0.3) is 0 Å². The van der Waals surface area contributed by atoms with E-state index in [1.807, 2.05) is 51.0 Å². The van der Waals surface area contributed by atoms with Gasteiger partial charge in [-0.25, -0.2) is 4.98 Å². The summed E-state index contributed by atoms with van der Waals surface area (Å²) in [5.41, 5.74) is 0.712. The number of nitrogens with zero attached hydrogens (tertiary/aromatic N) is 2. The summed E-state index contributed by atoms with van der Waals surface area (Å²) < 4.78 is 51.6. The van der Waals surface area contributed by atoms with E-state index in [-0.39, 0.29) is 24.0 Å². The van der Waals surface area contributed by atoms with E-state index in [2.05, 4.69) is 16.0 Å². The highest BCUT2D eigenvalue weighted by Gasteiger charge is 2.69. The van der Waals surface area contributed by atoms with Gasteiger partial charge in [-0.3, -0.25) is 0 Å². The number of ether oxygens (including phenoxy) is 1. The molecule has 208 valence electrons. The molecule has 3 heterocycles. The fourth-order valence-electron chi connectivity index (χ4n) is 8.68. The molecule has 2 spiro atoms. The van der Waals surface area contributed by atoms with E-state index in [9.17, 15) is 23.4 Å². The van der Waals surface area contributed by atoms with Crippen molar-refractivity contribution in [3.8, 4) is 0 Å². The lowest BCUT2D eigenvalue weighted by Crippen LogP contribution is -2.62. The number of rotatable bonds is 2. The van der Waals surface area contributed by atoms with Crippen LogP contribution in [-0.4, -0.2) is 74.8 Å². The highest BCUT2D eigenvalue weighted by atomic mass is 19.4. The van der Waals surface area contributed by atoms with Crippen LogP contribution in [0.5, 0.6) is 0 Å². The third kappa shape index (κ3) is 3.27. The lowest BCUT2D eigenvalue weighted by Gasteiger charge is -2.57. The lowest BCUT2D eigenvalue weighted by atomic mass is 9.56. The van der Waals surface area contributed by atoms with Crippen LogP contribution >= 0.6 is 0 Å². The first-order valence-corrected chi connectivity index (χ1v) is 13.7. The predicted molar refractivity (Wildman–Crippen MR) is 141 cm³/mol. The molecule has 3 aliphatic carbocycles. The summed E-state index contributed by atoms with van der Waals surface area (Å²) in [5, 5.41) is 22.0. The lowest BCUT2D eigenvalue weighted by molar-refractivity contribution is -0.170. The average Bonchev–Trinajstić information content (AvgIpc) is 3.50. The van der Waals surface area contributed by atoms with Gasteiger partial charge in [-0.1, -0.05) is 25.1 Å². The smallest absolute Gasteiger partial charge is 0.388 e. The van der Waals surface area contributed by atoms with E-state index in [0.717, 1.165) is 28.0 Å². The molecule has 2 aromatic rings. The summed E-state index contributed by atoms with van der Waals surface area (Å²) >= 11 is 0. The molecule has 2 bridgehead atoms. The molecular weight excluding hydrogens is 507 g/mol. The number of H-pyrrole nitrogens is 1. The van der Waals surface area contributed by atoms with Crippen molar-refractivity contribution in [1.29, 1.82) is 0 Å². The van der Waals surface area contributed by atoms with Gasteiger partial charge in [-0.05, 0) is 87.5 Å². The topological polar surface area (TPSA) is 81.6 Å². The van der Waals surface area contributed by atoms with Gasteiger partial charge in [-0.2, -0.15) is 13.2 Å². The molecule has 1 aromatic carbocycles. The van der Waals surface area contributed by atoms with Crippen molar-refractivity contribution in [1.82, 2.24) is 14.9 Å². The van der Waals surface area contributed by atoms with Gasteiger partial charge in [0.05, 0.1) is 28.3 Å². The molecule has 0 radical (unpaired) electrons. The number of imidazole rings is 1. The number of aromatic nitrogens is 2. The fraction of sp³-hybridized carbons (Fsp3) is 0.567. The predicted octanol–water partition coefficient (Wildman–Crippen LogP) is 4.83. The van der Waals surface area contributed by atoms with Crippen molar-refractivity contribution >= 4 is 16.6 Å². The molecule has 7 atom stereocenters. The Hall–Kier alpha value is -2.46. The standard InChI is InChI=1S/C30H34F3N3O3/c1-15-34-21-7-5-16(11-22(21)35-15)17-6-8-24-27(17,2)13-20(30(31,32)33)18-12-19-25(37)26(38)23(36(3)4)14-28(19)9-10-29(18,24)39-28/h5-7,11-12,23-26,37-38H,8-10,13-14H2,1-4H3,(H,34,35). The number of allylic oxidation sites excluding steroid dienone is 3. The van der Waals surface area contributed by atoms with E-state index in [4.69, 9.17) is 4.74 Å². The van der Waals surface area contributed by atoms with E-state index >= 15 is 0 Å². The van der Waals surface area contributed by atoms with Crippen LogP contribution in [-0.2, 0) is 4.74 Å². The Balaban J connectivity index is 1.39. The van der Waals surface area contributed by atoms with E-state index in [1.54, 1.807) is 6.08 Å². The summed E-state index contributed by atoms with van der Waals surface area (Å²) in [6.07, 6.45) is -1.41. The molecule has 1 saturated carbocycles. The van der Waals surface area contributed by atoms with Crippen LogP contribution in [0.2, 0.25) is 0 Å². The third-order valence-corrected chi connectivity index (χ3v) is 10.4. The van der Waals surface area contributed by atoms with Crippen LogP contribution in [0.1, 0.15) is 50.4 Å². The molecule has 6 nitrogen and oxygen atoms in total. The number of fused-ring (bicyclic) bond motifs is 2. The van der Waals surface area contributed by atoms with Crippen molar-refractivity contribution in [3.05, 3.63) is 58.5 Å². The van der Waals surface area contributed by atoms with Crippen LogP contribution in [0.4, 0.5) is 13.2 Å². The molecule has 1 saturated heterocycles. The number of benzene rings is 1. The van der Waals surface area contributed by atoms with Crippen LogP contribution in [0.15, 0.2) is 47.1 Å². The monoisotopic (exact) mass is 541 g/mol. The van der Waals surface area contributed by atoms with E-state index < -0.39 is 40.6 Å². The van der Waals surface area contributed by atoms with E-state index in [0.29, 0.717) is 31.3 Å². The zero-order valence-electron chi connectivity index (χ0n) is 22.6. The summed E-state index contributed by atoms with van der Waals surface area (Å²) in [7, 11) is 3.69. The van der Waals surface area contributed by atoms with Crippen LogP contribution in [0.3, 0.4) is 0 Å². The number of aryl methyl sites for hydroxylation is 1. The number of hydrogen-bond donors (Lipinski definition) is 3. The fourth-order valence-corrected chi connectivity index (χ4v) is 8.68. The maximum absolute atomic E-state index is 14.9. The number of hydrogen-bond acceptors (Lipinski definition) is 5. The Labute approximate surface area is 225 Å². The Kier molecular flexibility index (Phi) is 5.13. The molecule has 0 amide bonds. The highest BCUT2D eigenvalue weighted by molar-refractivity contribution is 5.83. The summed E-state index contributed by atoms with van der Waals surface area (Å²) in [6.45, 7) is 3.85. The average molecular weight is 542 g/mol. The Morgan fingerprint density at radius 2 is 1.95 bits per heavy atom. The molecule has 3 N–H and O–H groups in total. The molecule has 1 aromatic heterocycles. The minimum absolute atomic E-state index is 0.157. The van der Waals surface area contributed by atoms with Crippen molar-refractivity contribution in [2.24, 2.45) is 11.3 Å². The van der Waals surface area contributed by atoms with Crippen LogP contribution in [0.25, 0.3) is 16.6 Å². The number of alkyl halides is 3. The summed E-state index contributed by atoms with van der Waals surface area (Å²) in [6, 6.07) is 5.51. The maximum atomic E-state index is 14.9. The summed E-state index contributed by atoms with van der Waals surface area (Å²) in [4.78, 5) is 9.60. The number of likely N-dealkylation sites (N-methyl/N-ethyl adjacent to an activating group) is 1. The van der Waals surface area contributed by atoms with Gasteiger partial charge < -0.3 is 24.8 Å². The van der Waals surface area contributed by atoms with Crippen molar-refractivity contribution in [2.75, 3.05) is 14.1 Å².